The normalized spacial score (nSPS) is 12.8. The van der Waals surface area contributed by atoms with Crippen LogP contribution in [-0.2, 0) is 17.8 Å². The van der Waals surface area contributed by atoms with Crippen molar-refractivity contribution in [3.63, 3.8) is 0 Å². The fourth-order valence-corrected chi connectivity index (χ4v) is 3.94. The van der Waals surface area contributed by atoms with Crippen molar-refractivity contribution in [1.82, 2.24) is 9.55 Å². The van der Waals surface area contributed by atoms with E-state index in [0.29, 0.717) is 35.6 Å². The van der Waals surface area contributed by atoms with Gasteiger partial charge in [0.1, 0.15) is 23.2 Å². The van der Waals surface area contributed by atoms with Crippen LogP contribution in [0.4, 0.5) is 14.5 Å². The molecule has 0 aliphatic carbocycles. The molecule has 2 atom stereocenters. The Hall–Kier alpha value is -3.63. The number of aromatic nitrogens is 2. The van der Waals surface area contributed by atoms with Crippen LogP contribution in [0.1, 0.15) is 48.8 Å². The van der Waals surface area contributed by atoms with Gasteiger partial charge in [0, 0.05) is 17.8 Å². The standard InChI is InChI=1S/C26H29F2N3O5/c1-2-3-22-24(26(36)29-19-10-8-18(28)9-11-19)30-25(16-4-6-17(27)7-5-16)31(22)13-12-20(32)14-21(33)15-23(34)35/h4-11,20-21,32-33H,2-3,12-15H2,1H3,(H,29,36)(H,34,35)/t20-,21-/m1/s1. The molecule has 2 aromatic carbocycles. The second-order valence-electron chi connectivity index (χ2n) is 8.53. The van der Waals surface area contributed by atoms with E-state index in [9.17, 15) is 28.6 Å². The van der Waals surface area contributed by atoms with Gasteiger partial charge in [0.15, 0.2) is 0 Å². The molecule has 0 spiro atoms. The van der Waals surface area contributed by atoms with Crippen LogP contribution in [0, 0.1) is 11.6 Å². The highest BCUT2D eigenvalue weighted by Crippen LogP contribution is 2.26. The lowest BCUT2D eigenvalue weighted by atomic mass is 10.1. The number of aliphatic hydroxyl groups excluding tert-OH is 2. The van der Waals surface area contributed by atoms with Crippen molar-refractivity contribution in [2.75, 3.05) is 5.32 Å². The maximum atomic E-state index is 13.6. The number of rotatable bonds is 12. The number of amides is 1. The average molecular weight is 502 g/mol. The number of halogens is 2. The third-order valence-electron chi connectivity index (χ3n) is 5.62. The number of benzene rings is 2. The lowest BCUT2D eigenvalue weighted by Gasteiger charge is -2.17. The van der Waals surface area contributed by atoms with Crippen molar-refractivity contribution >= 4 is 17.6 Å². The molecule has 3 aromatic rings. The number of carboxylic acids is 1. The van der Waals surface area contributed by atoms with E-state index in [1.807, 2.05) is 6.92 Å². The Balaban J connectivity index is 1.93. The molecule has 0 unspecified atom stereocenters. The maximum Gasteiger partial charge on any atom is 0.305 e. The number of nitrogens with one attached hydrogen (secondary N) is 1. The lowest BCUT2D eigenvalue weighted by Crippen LogP contribution is -2.22. The minimum atomic E-state index is -1.19. The quantitative estimate of drug-likeness (QED) is 0.297. The fraction of sp³-hybridized carbons (Fsp3) is 0.346. The molecule has 0 bridgehead atoms. The number of carboxylic acid groups (broad SMARTS) is 1. The van der Waals surface area contributed by atoms with Gasteiger partial charge in [-0.05, 0) is 67.8 Å². The third kappa shape index (κ3) is 7.19. The zero-order chi connectivity index (χ0) is 26.2. The Kier molecular flexibility index (Phi) is 9.26. The van der Waals surface area contributed by atoms with E-state index in [4.69, 9.17) is 5.11 Å². The highest BCUT2D eigenvalue weighted by molar-refractivity contribution is 6.04. The summed E-state index contributed by atoms with van der Waals surface area (Å²) in [6.07, 6.45) is -1.44. The topological polar surface area (TPSA) is 125 Å². The van der Waals surface area contributed by atoms with E-state index in [1.54, 1.807) is 16.7 Å². The van der Waals surface area contributed by atoms with Crippen LogP contribution in [-0.4, -0.2) is 49.0 Å². The predicted octanol–water partition coefficient (Wildman–Crippen LogP) is 4.01. The molecule has 8 nitrogen and oxygen atoms in total. The number of aliphatic hydroxyl groups is 2. The van der Waals surface area contributed by atoms with Gasteiger partial charge in [-0.15, -0.1) is 0 Å². The predicted molar refractivity (Wildman–Crippen MR) is 129 cm³/mol. The van der Waals surface area contributed by atoms with E-state index in [0.717, 1.165) is 0 Å². The molecule has 0 saturated heterocycles. The number of nitrogens with zero attached hydrogens (tertiary/aromatic N) is 2. The van der Waals surface area contributed by atoms with E-state index >= 15 is 0 Å². The first-order valence-electron chi connectivity index (χ1n) is 11.7. The molecular weight excluding hydrogens is 472 g/mol. The van der Waals surface area contributed by atoms with E-state index in [-0.39, 0.29) is 25.1 Å². The number of carbonyl (C=O) groups is 2. The van der Waals surface area contributed by atoms with Crippen molar-refractivity contribution in [3.8, 4) is 11.4 Å². The summed E-state index contributed by atoms with van der Waals surface area (Å²) in [5.74, 6) is -2.12. The van der Waals surface area contributed by atoms with Gasteiger partial charge in [0.05, 0.1) is 24.3 Å². The zero-order valence-corrected chi connectivity index (χ0v) is 19.8. The summed E-state index contributed by atoms with van der Waals surface area (Å²) in [6.45, 7) is 2.16. The van der Waals surface area contributed by atoms with Gasteiger partial charge in [-0.1, -0.05) is 13.3 Å². The van der Waals surface area contributed by atoms with E-state index < -0.39 is 42.1 Å². The Bertz CT molecular complexity index is 1180. The first-order chi connectivity index (χ1) is 17.2. The first-order valence-corrected chi connectivity index (χ1v) is 11.7. The smallest absolute Gasteiger partial charge is 0.305 e. The number of carbonyl (C=O) groups excluding carboxylic acids is 1. The highest BCUT2D eigenvalue weighted by atomic mass is 19.1. The van der Waals surface area contributed by atoms with Crippen molar-refractivity contribution in [1.29, 1.82) is 0 Å². The first kappa shape index (κ1) is 27.0. The number of aliphatic carboxylic acids is 1. The minimum Gasteiger partial charge on any atom is -0.481 e. The molecule has 1 heterocycles. The summed E-state index contributed by atoms with van der Waals surface area (Å²) in [4.78, 5) is 28.5. The van der Waals surface area contributed by atoms with E-state index in [1.165, 1.54) is 36.4 Å². The SMILES string of the molecule is CCCc1c(C(=O)Nc2ccc(F)cc2)nc(-c2ccc(F)cc2)n1CC[C@@H](O)C[C@@H](O)CC(=O)O. The number of imidazole rings is 1. The second kappa shape index (κ2) is 12.4. The monoisotopic (exact) mass is 501 g/mol. The summed E-state index contributed by atoms with van der Waals surface area (Å²) in [6, 6.07) is 11.0. The largest absolute Gasteiger partial charge is 0.481 e. The van der Waals surface area contributed by atoms with E-state index in [2.05, 4.69) is 10.3 Å². The molecular formula is C26H29F2N3O5. The molecule has 0 fully saturated rings. The highest BCUT2D eigenvalue weighted by Gasteiger charge is 2.24. The summed E-state index contributed by atoms with van der Waals surface area (Å²) in [7, 11) is 0. The molecule has 0 radical (unpaired) electrons. The molecule has 1 aromatic heterocycles. The summed E-state index contributed by atoms with van der Waals surface area (Å²) < 4.78 is 28.6. The van der Waals surface area contributed by atoms with Gasteiger partial charge in [0.25, 0.3) is 5.91 Å². The summed E-state index contributed by atoms with van der Waals surface area (Å²) >= 11 is 0. The second-order valence-corrected chi connectivity index (χ2v) is 8.53. The fourth-order valence-electron chi connectivity index (χ4n) is 3.94. The van der Waals surface area contributed by atoms with Gasteiger partial charge in [-0.3, -0.25) is 9.59 Å². The average Bonchev–Trinajstić information content (AvgIpc) is 3.17. The molecule has 36 heavy (non-hydrogen) atoms. The number of anilines is 1. The molecule has 3 rings (SSSR count). The molecule has 0 saturated carbocycles. The van der Waals surface area contributed by atoms with Crippen molar-refractivity contribution in [3.05, 3.63) is 71.6 Å². The Morgan fingerprint density at radius 1 is 1.00 bits per heavy atom. The summed E-state index contributed by atoms with van der Waals surface area (Å²) in [5.41, 5.74) is 1.72. The minimum absolute atomic E-state index is 0.117. The van der Waals surface area contributed by atoms with Crippen LogP contribution in [0.15, 0.2) is 48.5 Å². The van der Waals surface area contributed by atoms with Crippen molar-refractivity contribution in [2.24, 2.45) is 0 Å². The number of hydrogen-bond acceptors (Lipinski definition) is 5. The molecule has 10 heteroatoms. The summed E-state index contributed by atoms with van der Waals surface area (Å²) in [5, 5.41) is 31.8. The van der Waals surface area contributed by atoms with Gasteiger partial charge in [-0.25, -0.2) is 13.8 Å². The van der Waals surface area contributed by atoms with Crippen molar-refractivity contribution in [2.45, 2.75) is 57.8 Å². The van der Waals surface area contributed by atoms with Gasteiger partial charge >= 0.3 is 5.97 Å². The van der Waals surface area contributed by atoms with Crippen molar-refractivity contribution < 1.29 is 33.7 Å². The van der Waals surface area contributed by atoms with Crippen LogP contribution in [0.2, 0.25) is 0 Å². The maximum absolute atomic E-state index is 13.6. The molecule has 0 aliphatic rings. The Morgan fingerprint density at radius 3 is 2.19 bits per heavy atom. The van der Waals surface area contributed by atoms with Gasteiger partial charge in [0.2, 0.25) is 0 Å². The third-order valence-corrected chi connectivity index (χ3v) is 5.62. The Morgan fingerprint density at radius 2 is 1.61 bits per heavy atom. The van der Waals surface area contributed by atoms with Gasteiger partial charge in [-0.2, -0.15) is 0 Å². The van der Waals surface area contributed by atoms with Crippen LogP contribution in [0.3, 0.4) is 0 Å². The molecule has 1 amide bonds. The molecule has 0 aliphatic heterocycles. The molecule has 4 N–H and O–H groups in total. The molecule has 192 valence electrons. The lowest BCUT2D eigenvalue weighted by molar-refractivity contribution is -0.139. The number of hydrogen-bond donors (Lipinski definition) is 4. The van der Waals surface area contributed by atoms with Gasteiger partial charge < -0.3 is 25.2 Å². The van der Waals surface area contributed by atoms with Crippen LogP contribution >= 0.6 is 0 Å². The van der Waals surface area contributed by atoms with Crippen LogP contribution in [0.5, 0.6) is 0 Å². The Labute approximate surface area is 207 Å². The van der Waals surface area contributed by atoms with Crippen LogP contribution < -0.4 is 5.32 Å². The van der Waals surface area contributed by atoms with Crippen LogP contribution in [0.25, 0.3) is 11.4 Å². The zero-order valence-electron chi connectivity index (χ0n) is 19.8.